The lowest BCUT2D eigenvalue weighted by Crippen LogP contribution is -2.30. The monoisotopic (exact) mass is 280 g/mol. The number of fused-ring (bicyclic) bond motifs is 1. The van der Waals surface area contributed by atoms with E-state index in [1.54, 1.807) is 0 Å². The Morgan fingerprint density at radius 3 is 2.67 bits per heavy atom. The third-order valence-electron chi connectivity index (χ3n) is 3.31. The van der Waals surface area contributed by atoms with Crippen molar-refractivity contribution in [2.24, 2.45) is 0 Å². The molecule has 21 heavy (non-hydrogen) atoms. The molecule has 1 aromatic heterocycles. The van der Waals surface area contributed by atoms with E-state index in [1.165, 1.54) is 10.2 Å². The standard InChI is InChI=1S/C16H16N4O/c21-16(17-12-6-9-13-7-2-1-3-8-13)20-15-11-5-4-10-14(15)18-19-20/h1-5,7-8,10-11H,6,9,12H2,(H,17,21). The highest BCUT2D eigenvalue weighted by Crippen LogP contribution is 2.09. The lowest BCUT2D eigenvalue weighted by molar-refractivity contribution is 0.240. The van der Waals surface area contributed by atoms with Gasteiger partial charge in [0.1, 0.15) is 5.52 Å². The maximum absolute atomic E-state index is 12.1. The minimum absolute atomic E-state index is 0.239. The highest BCUT2D eigenvalue weighted by Gasteiger charge is 2.10. The summed E-state index contributed by atoms with van der Waals surface area (Å²) in [7, 11) is 0. The molecule has 3 rings (SSSR count). The van der Waals surface area contributed by atoms with Crippen molar-refractivity contribution in [3.8, 4) is 0 Å². The highest BCUT2D eigenvalue weighted by atomic mass is 16.2. The molecular weight excluding hydrogens is 264 g/mol. The summed E-state index contributed by atoms with van der Waals surface area (Å²) in [6, 6.07) is 17.4. The van der Waals surface area contributed by atoms with E-state index in [2.05, 4.69) is 27.8 Å². The minimum Gasteiger partial charge on any atom is -0.336 e. The van der Waals surface area contributed by atoms with E-state index in [4.69, 9.17) is 0 Å². The topological polar surface area (TPSA) is 59.8 Å². The number of carbonyl (C=O) groups is 1. The van der Waals surface area contributed by atoms with Gasteiger partial charge in [-0.1, -0.05) is 47.7 Å². The van der Waals surface area contributed by atoms with Crippen LogP contribution in [0.2, 0.25) is 0 Å². The molecule has 0 aliphatic carbocycles. The normalized spacial score (nSPS) is 10.7. The van der Waals surface area contributed by atoms with Crippen molar-refractivity contribution in [2.75, 3.05) is 6.54 Å². The Morgan fingerprint density at radius 2 is 1.81 bits per heavy atom. The van der Waals surface area contributed by atoms with Gasteiger partial charge in [0.05, 0.1) is 5.52 Å². The van der Waals surface area contributed by atoms with Crippen LogP contribution in [0, 0.1) is 0 Å². The maximum Gasteiger partial charge on any atom is 0.344 e. The summed E-state index contributed by atoms with van der Waals surface area (Å²) in [6.07, 6.45) is 1.83. The number of carbonyl (C=O) groups excluding carboxylic acids is 1. The highest BCUT2D eigenvalue weighted by molar-refractivity contribution is 5.87. The minimum atomic E-state index is -0.239. The van der Waals surface area contributed by atoms with E-state index in [9.17, 15) is 4.79 Å². The van der Waals surface area contributed by atoms with Crippen LogP contribution in [0.5, 0.6) is 0 Å². The average Bonchev–Trinajstić information content (AvgIpc) is 2.96. The molecule has 5 nitrogen and oxygen atoms in total. The maximum atomic E-state index is 12.1. The van der Waals surface area contributed by atoms with Crippen molar-refractivity contribution in [2.45, 2.75) is 12.8 Å². The van der Waals surface area contributed by atoms with Gasteiger partial charge < -0.3 is 5.32 Å². The molecule has 0 unspecified atom stereocenters. The van der Waals surface area contributed by atoms with Crippen molar-refractivity contribution < 1.29 is 4.79 Å². The molecule has 0 saturated heterocycles. The molecule has 0 spiro atoms. The Hall–Kier alpha value is -2.69. The van der Waals surface area contributed by atoms with E-state index in [1.807, 2.05) is 42.5 Å². The number of benzene rings is 2. The Labute approximate surface area is 122 Å². The lowest BCUT2D eigenvalue weighted by Gasteiger charge is -2.05. The first-order valence-electron chi connectivity index (χ1n) is 6.97. The number of amides is 1. The van der Waals surface area contributed by atoms with Crippen molar-refractivity contribution in [1.82, 2.24) is 20.3 Å². The van der Waals surface area contributed by atoms with Gasteiger partial charge in [-0.25, -0.2) is 4.79 Å². The van der Waals surface area contributed by atoms with Crippen molar-refractivity contribution in [3.63, 3.8) is 0 Å². The predicted octanol–water partition coefficient (Wildman–Crippen LogP) is 2.62. The van der Waals surface area contributed by atoms with Gasteiger partial charge in [0.2, 0.25) is 0 Å². The number of hydrogen-bond donors (Lipinski definition) is 1. The number of aryl methyl sites for hydroxylation is 1. The van der Waals surface area contributed by atoms with Gasteiger partial charge in [0.25, 0.3) is 0 Å². The van der Waals surface area contributed by atoms with E-state index < -0.39 is 0 Å². The van der Waals surface area contributed by atoms with Crippen LogP contribution >= 0.6 is 0 Å². The molecule has 0 bridgehead atoms. The smallest absolute Gasteiger partial charge is 0.336 e. The third kappa shape index (κ3) is 3.08. The van der Waals surface area contributed by atoms with Crippen LogP contribution in [0.15, 0.2) is 54.6 Å². The van der Waals surface area contributed by atoms with Crippen LogP contribution in [0.3, 0.4) is 0 Å². The molecule has 0 aliphatic rings. The molecule has 1 heterocycles. The molecule has 1 amide bonds. The second-order valence-electron chi connectivity index (χ2n) is 4.81. The van der Waals surface area contributed by atoms with Gasteiger partial charge in [0.15, 0.2) is 0 Å². The molecule has 5 heteroatoms. The Kier molecular flexibility index (Phi) is 3.91. The van der Waals surface area contributed by atoms with Gasteiger partial charge in [-0.05, 0) is 30.5 Å². The van der Waals surface area contributed by atoms with Crippen LogP contribution in [0.4, 0.5) is 4.79 Å². The number of nitrogens with zero attached hydrogens (tertiary/aromatic N) is 3. The van der Waals surface area contributed by atoms with Gasteiger partial charge in [0, 0.05) is 6.54 Å². The van der Waals surface area contributed by atoms with Crippen LogP contribution < -0.4 is 5.32 Å². The average molecular weight is 280 g/mol. The van der Waals surface area contributed by atoms with Crippen molar-refractivity contribution >= 4 is 17.1 Å². The summed E-state index contributed by atoms with van der Waals surface area (Å²) >= 11 is 0. The number of aromatic nitrogens is 3. The number of nitrogens with one attached hydrogen (secondary N) is 1. The quantitative estimate of drug-likeness (QED) is 0.747. The fourth-order valence-corrected chi connectivity index (χ4v) is 2.23. The summed E-state index contributed by atoms with van der Waals surface area (Å²) < 4.78 is 1.30. The molecule has 0 saturated carbocycles. The fraction of sp³-hybridized carbons (Fsp3) is 0.188. The van der Waals surface area contributed by atoms with E-state index in [-0.39, 0.29) is 6.03 Å². The number of hydrogen-bond acceptors (Lipinski definition) is 3. The molecule has 2 aromatic carbocycles. The van der Waals surface area contributed by atoms with Crippen LogP contribution in [0.25, 0.3) is 11.0 Å². The Morgan fingerprint density at radius 1 is 1.05 bits per heavy atom. The first kappa shape index (κ1) is 13.3. The van der Waals surface area contributed by atoms with Crippen molar-refractivity contribution in [3.05, 3.63) is 60.2 Å². The molecule has 0 fully saturated rings. The molecule has 106 valence electrons. The number of para-hydroxylation sites is 1. The van der Waals surface area contributed by atoms with Gasteiger partial charge in [-0.2, -0.15) is 4.68 Å². The third-order valence-corrected chi connectivity index (χ3v) is 3.31. The summed E-state index contributed by atoms with van der Waals surface area (Å²) in [5, 5.41) is 10.7. The van der Waals surface area contributed by atoms with Gasteiger partial charge in [-0.15, -0.1) is 5.10 Å². The van der Waals surface area contributed by atoms with Gasteiger partial charge >= 0.3 is 6.03 Å². The summed E-state index contributed by atoms with van der Waals surface area (Å²) in [5.74, 6) is 0. The first-order valence-corrected chi connectivity index (χ1v) is 6.97. The second-order valence-corrected chi connectivity index (χ2v) is 4.81. The number of rotatable bonds is 4. The molecule has 0 atom stereocenters. The van der Waals surface area contributed by atoms with E-state index in [0.717, 1.165) is 23.9 Å². The Balaban J connectivity index is 1.55. The lowest BCUT2D eigenvalue weighted by atomic mass is 10.1. The SMILES string of the molecule is O=C(NCCCc1ccccc1)n1nnc2ccccc21. The van der Waals surface area contributed by atoms with Crippen molar-refractivity contribution in [1.29, 1.82) is 0 Å². The zero-order valence-corrected chi connectivity index (χ0v) is 11.6. The summed E-state index contributed by atoms with van der Waals surface area (Å²) in [5.41, 5.74) is 2.72. The van der Waals surface area contributed by atoms with E-state index >= 15 is 0 Å². The molecule has 0 aliphatic heterocycles. The zero-order chi connectivity index (χ0) is 14.5. The summed E-state index contributed by atoms with van der Waals surface area (Å²) in [4.78, 5) is 12.1. The van der Waals surface area contributed by atoms with Gasteiger partial charge in [-0.3, -0.25) is 0 Å². The van der Waals surface area contributed by atoms with Crippen LogP contribution in [-0.4, -0.2) is 27.6 Å². The fourth-order valence-electron chi connectivity index (χ4n) is 2.23. The van der Waals surface area contributed by atoms with Crippen LogP contribution in [-0.2, 0) is 6.42 Å². The first-order chi connectivity index (χ1) is 10.3. The molecular formula is C16H16N4O. The zero-order valence-electron chi connectivity index (χ0n) is 11.6. The largest absolute Gasteiger partial charge is 0.344 e. The molecule has 3 aromatic rings. The van der Waals surface area contributed by atoms with E-state index in [0.29, 0.717) is 6.54 Å². The summed E-state index contributed by atoms with van der Waals surface area (Å²) in [6.45, 7) is 0.613. The van der Waals surface area contributed by atoms with Crippen LogP contribution in [0.1, 0.15) is 12.0 Å². The predicted molar refractivity (Wildman–Crippen MR) is 81.1 cm³/mol. The molecule has 1 N–H and O–H groups in total. The second kappa shape index (κ2) is 6.17. The Bertz CT molecular complexity index is 736. The molecule has 0 radical (unpaired) electrons.